The number of hydrogen-bond acceptors (Lipinski definition) is 4. The van der Waals surface area contributed by atoms with E-state index >= 15 is 0 Å². The van der Waals surface area contributed by atoms with Gasteiger partial charge in [0.25, 0.3) is 0 Å². The third kappa shape index (κ3) is 3.25. The van der Waals surface area contributed by atoms with Gasteiger partial charge in [-0.05, 0) is 55.3 Å². The van der Waals surface area contributed by atoms with Crippen LogP contribution in [0.15, 0.2) is 47.4 Å². The number of para-hydroxylation sites is 1. The van der Waals surface area contributed by atoms with Crippen LogP contribution in [0.5, 0.6) is 0 Å². The molecular weight excluding hydrogens is 371 g/mol. The highest BCUT2D eigenvalue weighted by molar-refractivity contribution is 7.99. The molecule has 3 nitrogen and oxygen atoms in total. The number of Topliss-reactive ketones (excluding diaryl/α,β-unsaturated/α-hetero) is 1. The van der Waals surface area contributed by atoms with Crippen LogP contribution in [-0.4, -0.2) is 48.7 Å². The van der Waals surface area contributed by atoms with Gasteiger partial charge in [-0.1, -0.05) is 12.1 Å². The van der Waals surface area contributed by atoms with Gasteiger partial charge in [-0.15, -0.1) is 11.8 Å². The summed E-state index contributed by atoms with van der Waals surface area (Å²) in [6.07, 6.45) is 2.59. The summed E-state index contributed by atoms with van der Waals surface area (Å²) in [5.74, 6) is 1.60. The first kappa shape index (κ1) is 18.2. The van der Waals surface area contributed by atoms with E-state index in [1.54, 1.807) is 12.1 Å². The van der Waals surface area contributed by atoms with Crippen LogP contribution in [-0.2, 0) is 0 Å². The number of ketones is 1. The summed E-state index contributed by atoms with van der Waals surface area (Å²) in [7, 11) is 0. The van der Waals surface area contributed by atoms with Gasteiger partial charge in [0.05, 0.1) is 5.69 Å². The molecule has 0 aliphatic carbocycles. The number of carbonyl (C=O) groups is 1. The van der Waals surface area contributed by atoms with Crippen LogP contribution in [0.4, 0.5) is 10.1 Å². The van der Waals surface area contributed by atoms with E-state index in [2.05, 4.69) is 28.0 Å². The van der Waals surface area contributed by atoms with Crippen LogP contribution in [0.3, 0.4) is 0 Å². The van der Waals surface area contributed by atoms with Gasteiger partial charge < -0.3 is 9.80 Å². The molecule has 5 rings (SSSR count). The van der Waals surface area contributed by atoms with E-state index in [9.17, 15) is 9.18 Å². The van der Waals surface area contributed by atoms with Gasteiger partial charge in [0, 0.05) is 54.2 Å². The van der Waals surface area contributed by atoms with Crippen molar-refractivity contribution in [2.75, 3.05) is 36.8 Å². The highest BCUT2D eigenvalue weighted by atomic mass is 32.2. The first-order valence-electron chi connectivity index (χ1n) is 10.2. The Kier molecular flexibility index (Phi) is 4.89. The minimum atomic E-state index is -0.296. The molecule has 5 heteroatoms. The zero-order valence-corrected chi connectivity index (χ0v) is 16.8. The quantitative estimate of drug-likeness (QED) is 0.691. The summed E-state index contributed by atoms with van der Waals surface area (Å²) in [6.45, 7) is 4.33. The van der Waals surface area contributed by atoms with Crippen molar-refractivity contribution < 1.29 is 9.18 Å². The van der Waals surface area contributed by atoms with Crippen molar-refractivity contribution in [3.63, 3.8) is 0 Å². The molecule has 1 fully saturated rings. The molecular formula is C23H25FN2OS. The summed E-state index contributed by atoms with van der Waals surface area (Å²) in [6, 6.07) is 13.4. The normalized spacial score (nSPS) is 23.4. The molecule has 0 amide bonds. The van der Waals surface area contributed by atoms with Gasteiger partial charge in [-0.3, -0.25) is 4.79 Å². The fourth-order valence-electron chi connectivity index (χ4n) is 5.09. The molecule has 3 aliphatic rings. The van der Waals surface area contributed by atoms with Gasteiger partial charge in [0.2, 0.25) is 0 Å². The summed E-state index contributed by atoms with van der Waals surface area (Å²) in [5, 5.41) is 0. The van der Waals surface area contributed by atoms with Crippen molar-refractivity contribution in [1.82, 2.24) is 4.90 Å². The number of hydrogen-bond donors (Lipinski definition) is 0. The monoisotopic (exact) mass is 396 g/mol. The Morgan fingerprint density at radius 3 is 2.86 bits per heavy atom. The molecule has 0 aromatic heterocycles. The van der Waals surface area contributed by atoms with Crippen molar-refractivity contribution >= 4 is 23.2 Å². The van der Waals surface area contributed by atoms with Crippen molar-refractivity contribution in [2.24, 2.45) is 0 Å². The van der Waals surface area contributed by atoms with Gasteiger partial charge in [-0.25, -0.2) is 4.39 Å². The Bertz CT molecular complexity index is 885. The molecule has 3 aliphatic heterocycles. The van der Waals surface area contributed by atoms with Crippen molar-refractivity contribution in [1.29, 1.82) is 0 Å². The standard InChI is InChI=1S/C23H25FN2OS/c24-17-8-6-16(7-9-17)21(27)4-2-11-25-12-10-20-19(15-25)18-3-1-5-22-23(18)26(20)13-14-28-22/h1,3,5-9,19-20H,2,4,10-15H2/t19-,20-/m1/s1. The van der Waals surface area contributed by atoms with E-state index in [4.69, 9.17) is 0 Å². The molecule has 2 atom stereocenters. The molecule has 0 spiro atoms. The lowest BCUT2D eigenvalue weighted by Gasteiger charge is -2.40. The molecule has 0 N–H and O–H groups in total. The number of thioether (sulfide) groups is 1. The third-order valence-corrected chi connectivity index (χ3v) is 7.44. The van der Waals surface area contributed by atoms with Gasteiger partial charge >= 0.3 is 0 Å². The highest BCUT2D eigenvalue weighted by Gasteiger charge is 2.43. The number of fused-ring (bicyclic) bond motifs is 3. The molecule has 28 heavy (non-hydrogen) atoms. The lowest BCUT2D eigenvalue weighted by atomic mass is 9.89. The van der Waals surface area contributed by atoms with Gasteiger partial charge in [0.15, 0.2) is 5.78 Å². The average Bonchev–Trinajstić information content (AvgIpc) is 3.04. The topological polar surface area (TPSA) is 23.6 Å². The van der Waals surface area contributed by atoms with E-state index in [-0.39, 0.29) is 11.6 Å². The molecule has 2 aromatic rings. The van der Waals surface area contributed by atoms with Crippen LogP contribution in [0.2, 0.25) is 0 Å². The highest BCUT2D eigenvalue weighted by Crippen LogP contribution is 2.50. The predicted octanol–water partition coefficient (Wildman–Crippen LogP) is 4.57. The first-order valence-corrected chi connectivity index (χ1v) is 11.2. The summed E-state index contributed by atoms with van der Waals surface area (Å²) in [5.41, 5.74) is 3.65. The van der Waals surface area contributed by atoms with E-state index in [1.165, 1.54) is 47.0 Å². The van der Waals surface area contributed by atoms with Gasteiger partial charge in [0.1, 0.15) is 5.82 Å². The Labute approximate surface area is 169 Å². The Morgan fingerprint density at radius 2 is 2.00 bits per heavy atom. The second-order valence-electron chi connectivity index (χ2n) is 8.03. The van der Waals surface area contributed by atoms with Crippen LogP contribution < -0.4 is 4.90 Å². The Morgan fingerprint density at radius 1 is 1.14 bits per heavy atom. The zero-order valence-electron chi connectivity index (χ0n) is 15.9. The van der Waals surface area contributed by atoms with Crippen molar-refractivity contribution in [2.45, 2.75) is 36.1 Å². The largest absolute Gasteiger partial charge is 0.366 e. The second-order valence-corrected chi connectivity index (χ2v) is 9.17. The van der Waals surface area contributed by atoms with E-state index in [1.807, 2.05) is 11.8 Å². The van der Waals surface area contributed by atoms with Gasteiger partial charge in [-0.2, -0.15) is 0 Å². The number of likely N-dealkylation sites (tertiary alicyclic amines) is 1. The average molecular weight is 397 g/mol. The number of carbonyl (C=O) groups excluding carboxylic acids is 1. The lowest BCUT2D eigenvalue weighted by Crippen LogP contribution is -2.47. The molecule has 2 aromatic carbocycles. The molecule has 0 unspecified atom stereocenters. The number of rotatable bonds is 5. The maximum Gasteiger partial charge on any atom is 0.162 e. The van der Waals surface area contributed by atoms with Crippen molar-refractivity contribution in [3.05, 3.63) is 59.4 Å². The number of halogens is 1. The number of piperidine rings is 1. The van der Waals surface area contributed by atoms with E-state index in [0.29, 0.717) is 23.9 Å². The molecule has 0 saturated carbocycles. The SMILES string of the molecule is O=C(CCCN1CC[C@@H]2[C@H](C1)c1cccc3c1N2CCS3)c1ccc(F)cc1. The third-order valence-electron chi connectivity index (χ3n) is 6.41. The number of anilines is 1. The van der Waals surface area contributed by atoms with E-state index in [0.717, 1.165) is 26.1 Å². The van der Waals surface area contributed by atoms with E-state index < -0.39 is 0 Å². The summed E-state index contributed by atoms with van der Waals surface area (Å²) < 4.78 is 13.0. The van der Waals surface area contributed by atoms with Crippen LogP contribution in [0.25, 0.3) is 0 Å². The Balaban J connectivity index is 1.20. The maximum atomic E-state index is 13.0. The minimum absolute atomic E-state index is 0.111. The molecule has 146 valence electrons. The lowest BCUT2D eigenvalue weighted by molar-refractivity contribution is 0.0971. The Hall–Kier alpha value is -1.85. The predicted molar refractivity (Wildman–Crippen MR) is 112 cm³/mol. The summed E-state index contributed by atoms with van der Waals surface area (Å²) >= 11 is 1.99. The molecule has 3 heterocycles. The smallest absolute Gasteiger partial charge is 0.162 e. The minimum Gasteiger partial charge on any atom is -0.366 e. The molecule has 1 saturated heterocycles. The molecule has 0 bridgehead atoms. The van der Waals surface area contributed by atoms with Crippen molar-refractivity contribution in [3.8, 4) is 0 Å². The molecule has 0 radical (unpaired) electrons. The van der Waals surface area contributed by atoms with Crippen LogP contribution >= 0.6 is 11.8 Å². The second kappa shape index (κ2) is 7.53. The zero-order chi connectivity index (χ0) is 19.1. The first-order chi connectivity index (χ1) is 13.7. The number of nitrogens with zero attached hydrogens (tertiary/aromatic N) is 2. The fraction of sp³-hybridized carbons (Fsp3) is 0.435. The summed E-state index contributed by atoms with van der Waals surface area (Å²) in [4.78, 5) is 19.0. The fourth-order valence-corrected chi connectivity index (χ4v) is 6.15. The van der Waals surface area contributed by atoms with Crippen LogP contribution in [0.1, 0.15) is 41.1 Å². The van der Waals surface area contributed by atoms with Crippen LogP contribution in [0, 0.1) is 5.82 Å². The maximum absolute atomic E-state index is 13.0. The number of benzene rings is 2.